The number of rotatable bonds is 4. The van der Waals surface area contributed by atoms with Gasteiger partial charge in [0.25, 0.3) is 0 Å². The SMILES string of the molecule is CCN1CC(=O)N(Cc2nc(C)cc(NC)n2)CC1=O. The summed E-state index contributed by atoms with van der Waals surface area (Å²) < 4.78 is 0. The maximum absolute atomic E-state index is 12.0. The quantitative estimate of drug-likeness (QED) is 0.839. The lowest BCUT2D eigenvalue weighted by Crippen LogP contribution is -2.53. The number of piperazine rings is 1. The van der Waals surface area contributed by atoms with Crippen molar-refractivity contribution in [2.24, 2.45) is 0 Å². The van der Waals surface area contributed by atoms with E-state index in [-0.39, 0.29) is 31.4 Å². The van der Waals surface area contributed by atoms with Gasteiger partial charge < -0.3 is 15.1 Å². The molecule has 2 amide bonds. The standard InChI is InChI=1S/C13H19N5O2/c1-4-17-7-13(20)18(8-12(17)19)6-11-15-9(2)5-10(14-3)16-11/h5H,4,6-8H2,1-3H3,(H,14,15,16). The molecule has 0 unspecified atom stereocenters. The smallest absolute Gasteiger partial charge is 0.243 e. The third kappa shape index (κ3) is 3.04. The molecular weight excluding hydrogens is 258 g/mol. The molecule has 1 aliphatic heterocycles. The van der Waals surface area contributed by atoms with E-state index in [9.17, 15) is 9.59 Å². The summed E-state index contributed by atoms with van der Waals surface area (Å²) >= 11 is 0. The van der Waals surface area contributed by atoms with E-state index >= 15 is 0 Å². The van der Waals surface area contributed by atoms with Gasteiger partial charge in [-0.3, -0.25) is 9.59 Å². The molecule has 0 spiro atoms. The third-order valence-corrected chi connectivity index (χ3v) is 3.23. The maximum atomic E-state index is 12.0. The minimum atomic E-state index is -0.0671. The molecule has 2 rings (SSSR count). The Morgan fingerprint density at radius 3 is 2.50 bits per heavy atom. The fourth-order valence-corrected chi connectivity index (χ4v) is 2.13. The molecule has 1 saturated heterocycles. The first kappa shape index (κ1) is 14.2. The van der Waals surface area contributed by atoms with Gasteiger partial charge in [-0.05, 0) is 13.8 Å². The van der Waals surface area contributed by atoms with Crippen LogP contribution < -0.4 is 5.32 Å². The molecule has 1 aromatic rings. The van der Waals surface area contributed by atoms with Crippen molar-refractivity contribution in [2.45, 2.75) is 20.4 Å². The highest BCUT2D eigenvalue weighted by Gasteiger charge is 2.29. The first-order valence-electron chi connectivity index (χ1n) is 6.61. The summed E-state index contributed by atoms with van der Waals surface area (Å²) in [6, 6.07) is 1.82. The molecule has 108 valence electrons. The van der Waals surface area contributed by atoms with Crippen molar-refractivity contribution < 1.29 is 9.59 Å². The molecule has 0 bridgehead atoms. The van der Waals surface area contributed by atoms with E-state index in [1.807, 2.05) is 19.9 Å². The lowest BCUT2D eigenvalue weighted by Gasteiger charge is -2.32. The van der Waals surface area contributed by atoms with Crippen LogP contribution in [0.5, 0.6) is 0 Å². The largest absolute Gasteiger partial charge is 0.373 e. The molecule has 20 heavy (non-hydrogen) atoms. The number of carbonyl (C=O) groups excluding carboxylic acids is 2. The van der Waals surface area contributed by atoms with Gasteiger partial charge in [-0.2, -0.15) is 0 Å². The molecule has 0 atom stereocenters. The molecule has 1 aliphatic rings. The van der Waals surface area contributed by atoms with Crippen LogP contribution in [0.4, 0.5) is 5.82 Å². The normalized spacial score (nSPS) is 15.8. The van der Waals surface area contributed by atoms with Crippen LogP contribution in [0.1, 0.15) is 18.4 Å². The molecule has 1 aromatic heterocycles. The van der Waals surface area contributed by atoms with Gasteiger partial charge in [-0.15, -0.1) is 0 Å². The Labute approximate surface area is 118 Å². The zero-order chi connectivity index (χ0) is 14.7. The highest BCUT2D eigenvalue weighted by Crippen LogP contribution is 2.11. The number of likely N-dealkylation sites (N-methyl/N-ethyl adjacent to an activating group) is 1. The zero-order valence-electron chi connectivity index (χ0n) is 12.0. The molecule has 0 aliphatic carbocycles. The van der Waals surface area contributed by atoms with Crippen LogP contribution >= 0.6 is 0 Å². The van der Waals surface area contributed by atoms with E-state index < -0.39 is 0 Å². The van der Waals surface area contributed by atoms with Gasteiger partial charge in [0.2, 0.25) is 11.8 Å². The van der Waals surface area contributed by atoms with E-state index in [0.717, 1.165) is 5.69 Å². The van der Waals surface area contributed by atoms with Crippen LogP contribution in [0.25, 0.3) is 0 Å². The van der Waals surface area contributed by atoms with Crippen LogP contribution in [0.3, 0.4) is 0 Å². The molecule has 1 N–H and O–H groups in total. The summed E-state index contributed by atoms with van der Waals surface area (Å²) in [6.45, 7) is 4.79. The molecule has 0 radical (unpaired) electrons. The Hall–Kier alpha value is -2.18. The topological polar surface area (TPSA) is 78.4 Å². The van der Waals surface area contributed by atoms with E-state index in [4.69, 9.17) is 0 Å². The Morgan fingerprint density at radius 2 is 1.85 bits per heavy atom. The van der Waals surface area contributed by atoms with Gasteiger partial charge in [0.05, 0.1) is 13.1 Å². The lowest BCUT2D eigenvalue weighted by atomic mass is 10.3. The van der Waals surface area contributed by atoms with Gasteiger partial charge >= 0.3 is 0 Å². The summed E-state index contributed by atoms with van der Waals surface area (Å²) in [6.07, 6.45) is 0. The number of carbonyl (C=O) groups is 2. The Balaban J connectivity index is 2.12. The van der Waals surface area contributed by atoms with Crippen molar-refractivity contribution in [1.82, 2.24) is 19.8 Å². The molecular formula is C13H19N5O2. The summed E-state index contributed by atoms with van der Waals surface area (Å²) in [7, 11) is 1.78. The highest BCUT2D eigenvalue weighted by molar-refractivity contribution is 5.92. The Kier molecular flexibility index (Phi) is 4.16. The molecule has 0 aromatic carbocycles. The van der Waals surface area contributed by atoms with Crippen molar-refractivity contribution in [1.29, 1.82) is 0 Å². The van der Waals surface area contributed by atoms with Crippen molar-refractivity contribution in [3.05, 3.63) is 17.6 Å². The molecule has 7 heteroatoms. The Morgan fingerprint density at radius 1 is 1.20 bits per heavy atom. The monoisotopic (exact) mass is 277 g/mol. The highest BCUT2D eigenvalue weighted by atomic mass is 16.2. The minimum absolute atomic E-state index is 0.0337. The summed E-state index contributed by atoms with van der Waals surface area (Å²) in [5, 5.41) is 2.95. The van der Waals surface area contributed by atoms with Crippen LogP contribution in [0.2, 0.25) is 0 Å². The van der Waals surface area contributed by atoms with Gasteiger partial charge in [0.1, 0.15) is 18.2 Å². The molecule has 1 fully saturated rings. The van der Waals surface area contributed by atoms with E-state index in [0.29, 0.717) is 18.2 Å². The average molecular weight is 277 g/mol. The number of nitrogens with zero attached hydrogens (tertiary/aromatic N) is 4. The van der Waals surface area contributed by atoms with Gasteiger partial charge in [-0.25, -0.2) is 9.97 Å². The lowest BCUT2D eigenvalue weighted by molar-refractivity contribution is -0.150. The number of hydrogen-bond donors (Lipinski definition) is 1. The summed E-state index contributed by atoms with van der Waals surface area (Å²) in [5.41, 5.74) is 0.824. The first-order chi connectivity index (χ1) is 9.53. The van der Waals surface area contributed by atoms with Gasteiger partial charge in [-0.1, -0.05) is 0 Å². The first-order valence-corrected chi connectivity index (χ1v) is 6.61. The molecule has 0 saturated carbocycles. The molecule has 2 heterocycles. The van der Waals surface area contributed by atoms with Crippen LogP contribution in [0, 0.1) is 6.92 Å². The van der Waals surface area contributed by atoms with Crippen LogP contribution in [-0.4, -0.2) is 58.3 Å². The predicted octanol–water partition coefficient (Wildman–Crippen LogP) is 0.0174. The fraction of sp³-hybridized carbons (Fsp3) is 0.538. The van der Waals surface area contributed by atoms with Gasteiger partial charge in [0.15, 0.2) is 0 Å². The zero-order valence-corrected chi connectivity index (χ0v) is 12.0. The minimum Gasteiger partial charge on any atom is -0.373 e. The third-order valence-electron chi connectivity index (χ3n) is 3.23. The van der Waals surface area contributed by atoms with E-state index in [1.54, 1.807) is 11.9 Å². The average Bonchev–Trinajstić information content (AvgIpc) is 2.41. The second kappa shape index (κ2) is 5.85. The number of hydrogen-bond acceptors (Lipinski definition) is 5. The number of aromatic nitrogens is 2. The van der Waals surface area contributed by atoms with Crippen molar-refractivity contribution in [3.8, 4) is 0 Å². The molecule has 7 nitrogen and oxygen atoms in total. The van der Waals surface area contributed by atoms with E-state index in [1.165, 1.54) is 4.90 Å². The van der Waals surface area contributed by atoms with Crippen molar-refractivity contribution in [3.63, 3.8) is 0 Å². The summed E-state index contributed by atoms with van der Waals surface area (Å²) in [4.78, 5) is 35.5. The number of anilines is 1. The Bertz CT molecular complexity index is 531. The maximum Gasteiger partial charge on any atom is 0.243 e. The van der Waals surface area contributed by atoms with Gasteiger partial charge in [0, 0.05) is 25.4 Å². The van der Waals surface area contributed by atoms with Crippen LogP contribution in [-0.2, 0) is 16.1 Å². The van der Waals surface area contributed by atoms with E-state index in [2.05, 4.69) is 15.3 Å². The van der Waals surface area contributed by atoms with Crippen LogP contribution in [0.15, 0.2) is 6.07 Å². The summed E-state index contributed by atoms with van der Waals surface area (Å²) in [5.74, 6) is 1.15. The number of aryl methyl sites for hydroxylation is 1. The van der Waals surface area contributed by atoms with Crippen molar-refractivity contribution in [2.75, 3.05) is 32.0 Å². The predicted molar refractivity (Wildman–Crippen MR) is 74.0 cm³/mol. The second-order valence-electron chi connectivity index (χ2n) is 4.72. The number of amides is 2. The number of nitrogens with one attached hydrogen (secondary N) is 1. The second-order valence-corrected chi connectivity index (χ2v) is 4.72. The van der Waals surface area contributed by atoms with Crippen molar-refractivity contribution >= 4 is 17.6 Å². The fourth-order valence-electron chi connectivity index (χ4n) is 2.13.